The van der Waals surface area contributed by atoms with Crippen LogP contribution in [0.1, 0.15) is 35.1 Å². The average molecular weight is 663 g/mol. The van der Waals surface area contributed by atoms with E-state index in [1.807, 2.05) is 0 Å². The fourth-order valence-corrected chi connectivity index (χ4v) is 5.60. The molecule has 6 N–H and O–H groups in total. The monoisotopic (exact) mass is 662 g/mol. The van der Waals surface area contributed by atoms with E-state index in [2.05, 4.69) is 120 Å². The number of benzene rings is 6. The molecule has 0 spiro atoms. The summed E-state index contributed by atoms with van der Waals surface area (Å²) in [6.07, 6.45) is 3.59. The molecule has 0 aliphatic carbocycles. The largest absolute Gasteiger partial charge is 0.473 e. The maximum absolute atomic E-state index is 9.10. The van der Waals surface area contributed by atoms with Crippen molar-refractivity contribution >= 4 is 56.2 Å². The van der Waals surface area contributed by atoms with Crippen molar-refractivity contribution in [1.82, 2.24) is 10.6 Å². The number of carbonyl (C=O) groups is 4. The van der Waals surface area contributed by atoms with Crippen LogP contribution in [0.5, 0.6) is 0 Å². The molecule has 0 radical (unpaired) electrons. The summed E-state index contributed by atoms with van der Waals surface area (Å²) in [7, 11) is 0. The van der Waals surface area contributed by atoms with Gasteiger partial charge in [0.05, 0.1) is 0 Å². The summed E-state index contributed by atoms with van der Waals surface area (Å²) in [5.41, 5.74) is 5.48. The van der Waals surface area contributed by atoms with Gasteiger partial charge in [0.15, 0.2) is 0 Å². The molecular formula is C39H38N2O8. The minimum absolute atomic E-state index is 0.859. The molecule has 6 aromatic rings. The maximum atomic E-state index is 9.10. The van der Waals surface area contributed by atoms with Crippen LogP contribution in [-0.4, -0.2) is 50.8 Å². The standard InChI is InChI=1S/C35H34N2.2C2H2O4/c1-2-8-26(9-3-1)10-4-5-21-36-23-27-11-6-12-28(22-27)24-37-25-32-18-17-31-16-15-29-13-7-14-30-19-20-33(32)35(31)34(29)30;2*3-1(4)2(5)6/h1-3,6-9,11-20,22,36-37H,4-5,10,21,23-25H2;2*(H,3,4)(H,5,6). The third kappa shape index (κ3) is 10.6. The van der Waals surface area contributed by atoms with E-state index >= 15 is 0 Å². The van der Waals surface area contributed by atoms with Crippen LogP contribution in [0.25, 0.3) is 32.3 Å². The van der Waals surface area contributed by atoms with Crippen molar-refractivity contribution in [2.45, 2.75) is 38.9 Å². The lowest BCUT2D eigenvalue weighted by Gasteiger charge is -2.14. The van der Waals surface area contributed by atoms with Gasteiger partial charge in [0.2, 0.25) is 0 Å². The molecule has 0 atom stereocenters. The SMILES string of the molecule is O=C(O)C(=O)O.O=C(O)C(=O)O.c1ccc(CCCCNCc2cccc(CNCc3ccc4ccc5cccc6ccc3c4c56)c2)cc1. The Labute approximate surface area is 283 Å². The Hall–Kier alpha value is -5.84. The van der Waals surface area contributed by atoms with Gasteiger partial charge in [0.1, 0.15) is 0 Å². The predicted octanol–water partition coefficient (Wildman–Crippen LogP) is 6.30. The van der Waals surface area contributed by atoms with Crippen LogP contribution in [0.3, 0.4) is 0 Å². The molecular weight excluding hydrogens is 624 g/mol. The van der Waals surface area contributed by atoms with Gasteiger partial charge in [-0.15, -0.1) is 0 Å². The van der Waals surface area contributed by atoms with Gasteiger partial charge in [-0.3, -0.25) is 0 Å². The molecule has 10 nitrogen and oxygen atoms in total. The Morgan fingerprint density at radius 2 is 0.980 bits per heavy atom. The van der Waals surface area contributed by atoms with Crippen LogP contribution in [0.4, 0.5) is 0 Å². The lowest BCUT2D eigenvalue weighted by Crippen LogP contribution is -2.16. The highest BCUT2D eigenvalue weighted by atomic mass is 16.4. The summed E-state index contributed by atoms with van der Waals surface area (Å²) in [6.45, 7) is 3.71. The van der Waals surface area contributed by atoms with Crippen molar-refractivity contribution in [2.75, 3.05) is 6.54 Å². The quantitative estimate of drug-likeness (QED) is 0.0525. The van der Waals surface area contributed by atoms with E-state index in [9.17, 15) is 0 Å². The molecule has 0 aliphatic heterocycles. The maximum Gasteiger partial charge on any atom is 0.414 e. The molecule has 0 fully saturated rings. The zero-order valence-corrected chi connectivity index (χ0v) is 26.8. The van der Waals surface area contributed by atoms with Gasteiger partial charge in [-0.05, 0) is 80.4 Å². The number of unbranched alkanes of at least 4 members (excludes halogenated alkanes) is 1. The molecule has 6 aromatic carbocycles. The van der Waals surface area contributed by atoms with Gasteiger partial charge in [-0.1, -0.05) is 109 Å². The first-order chi connectivity index (χ1) is 23.6. The van der Waals surface area contributed by atoms with E-state index in [1.165, 1.54) is 67.4 Å². The number of rotatable bonds is 11. The van der Waals surface area contributed by atoms with Gasteiger partial charge in [-0.2, -0.15) is 0 Å². The Bertz CT molecular complexity index is 1960. The van der Waals surface area contributed by atoms with Crippen molar-refractivity contribution in [3.63, 3.8) is 0 Å². The molecule has 0 aromatic heterocycles. The molecule has 10 heteroatoms. The summed E-state index contributed by atoms with van der Waals surface area (Å²) in [6, 6.07) is 40.0. The smallest absolute Gasteiger partial charge is 0.414 e. The highest BCUT2D eigenvalue weighted by Crippen LogP contribution is 2.35. The Morgan fingerprint density at radius 1 is 0.469 bits per heavy atom. The van der Waals surface area contributed by atoms with Crippen molar-refractivity contribution in [2.24, 2.45) is 0 Å². The van der Waals surface area contributed by atoms with Gasteiger partial charge >= 0.3 is 23.9 Å². The summed E-state index contributed by atoms with van der Waals surface area (Å²) in [4.78, 5) is 36.4. The van der Waals surface area contributed by atoms with Crippen LogP contribution >= 0.6 is 0 Å². The highest BCUT2D eigenvalue weighted by molar-refractivity contribution is 6.28. The van der Waals surface area contributed by atoms with E-state index in [4.69, 9.17) is 39.6 Å². The molecule has 0 saturated carbocycles. The predicted molar refractivity (Wildman–Crippen MR) is 189 cm³/mol. The second-order valence-electron chi connectivity index (χ2n) is 11.3. The second kappa shape index (κ2) is 17.9. The minimum Gasteiger partial charge on any atom is -0.473 e. The van der Waals surface area contributed by atoms with Crippen molar-refractivity contribution in [3.05, 3.63) is 131 Å². The molecule has 0 amide bonds. The fraction of sp³-hybridized carbons (Fsp3) is 0.179. The fourth-order valence-electron chi connectivity index (χ4n) is 5.60. The van der Waals surface area contributed by atoms with Gasteiger partial charge < -0.3 is 31.1 Å². The average Bonchev–Trinajstić information content (AvgIpc) is 3.10. The first-order valence-corrected chi connectivity index (χ1v) is 15.7. The minimum atomic E-state index is -1.82. The third-order valence-electron chi connectivity index (χ3n) is 7.86. The zero-order valence-electron chi connectivity index (χ0n) is 26.8. The van der Waals surface area contributed by atoms with Crippen LogP contribution in [0.2, 0.25) is 0 Å². The molecule has 6 rings (SSSR count). The molecule has 49 heavy (non-hydrogen) atoms. The summed E-state index contributed by atoms with van der Waals surface area (Å²) in [5.74, 6) is -7.30. The zero-order chi connectivity index (χ0) is 35.2. The summed E-state index contributed by atoms with van der Waals surface area (Å²) >= 11 is 0. The van der Waals surface area contributed by atoms with E-state index in [-0.39, 0.29) is 0 Å². The number of aliphatic carboxylic acids is 4. The first-order valence-electron chi connectivity index (χ1n) is 15.7. The van der Waals surface area contributed by atoms with Crippen molar-refractivity contribution in [3.8, 4) is 0 Å². The number of hydrogen-bond acceptors (Lipinski definition) is 6. The van der Waals surface area contributed by atoms with E-state index < -0.39 is 23.9 Å². The number of carboxylic acid groups (broad SMARTS) is 4. The number of hydrogen-bond donors (Lipinski definition) is 6. The van der Waals surface area contributed by atoms with E-state index in [0.717, 1.165) is 32.6 Å². The highest BCUT2D eigenvalue weighted by Gasteiger charge is 2.10. The Morgan fingerprint density at radius 3 is 1.59 bits per heavy atom. The van der Waals surface area contributed by atoms with E-state index in [1.54, 1.807) is 0 Å². The molecule has 0 bridgehead atoms. The molecule has 0 aliphatic rings. The molecule has 0 heterocycles. The number of aryl methyl sites for hydroxylation is 1. The van der Waals surface area contributed by atoms with Crippen LogP contribution < -0.4 is 10.6 Å². The Kier molecular flexibility index (Phi) is 13.2. The van der Waals surface area contributed by atoms with Gasteiger partial charge in [0.25, 0.3) is 0 Å². The molecule has 0 unspecified atom stereocenters. The first kappa shape index (κ1) is 36.0. The summed E-state index contributed by atoms with van der Waals surface area (Å²) in [5, 5.41) is 45.0. The number of carboxylic acids is 4. The molecule has 0 saturated heterocycles. The summed E-state index contributed by atoms with van der Waals surface area (Å²) < 4.78 is 0. The van der Waals surface area contributed by atoms with Crippen molar-refractivity contribution < 1.29 is 39.6 Å². The lowest BCUT2D eigenvalue weighted by molar-refractivity contribution is -0.159. The third-order valence-corrected chi connectivity index (χ3v) is 7.86. The topological polar surface area (TPSA) is 173 Å². The van der Waals surface area contributed by atoms with Crippen molar-refractivity contribution in [1.29, 1.82) is 0 Å². The molecule has 252 valence electrons. The van der Waals surface area contributed by atoms with Crippen LogP contribution in [-0.2, 0) is 45.2 Å². The van der Waals surface area contributed by atoms with E-state index in [0.29, 0.717) is 0 Å². The van der Waals surface area contributed by atoms with Crippen LogP contribution in [0, 0.1) is 0 Å². The Balaban J connectivity index is 0.000000388. The van der Waals surface area contributed by atoms with Gasteiger partial charge in [0, 0.05) is 19.6 Å². The van der Waals surface area contributed by atoms with Gasteiger partial charge in [-0.25, -0.2) is 19.2 Å². The number of nitrogens with one attached hydrogen (secondary N) is 2. The van der Waals surface area contributed by atoms with Crippen LogP contribution in [0.15, 0.2) is 109 Å². The lowest BCUT2D eigenvalue weighted by atomic mass is 9.92. The normalized spacial score (nSPS) is 10.6. The second-order valence-corrected chi connectivity index (χ2v) is 11.3.